The molecule has 0 saturated heterocycles. The molecule has 0 bridgehead atoms. The van der Waals surface area contributed by atoms with Gasteiger partial charge in [-0.15, -0.1) is 0 Å². The molecule has 0 heterocycles. The first-order valence-electron chi connectivity index (χ1n) is 7.11. The third-order valence-corrected chi connectivity index (χ3v) is 3.74. The van der Waals surface area contributed by atoms with E-state index < -0.39 is 0 Å². The van der Waals surface area contributed by atoms with Gasteiger partial charge in [0.05, 0.1) is 11.8 Å². The number of halogens is 1. The van der Waals surface area contributed by atoms with Gasteiger partial charge >= 0.3 is 0 Å². The molecule has 0 aliphatic heterocycles. The van der Waals surface area contributed by atoms with Crippen LogP contribution in [0.3, 0.4) is 0 Å². The van der Waals surface area contributed by atoms with Gasteiger partial charge in [0.25, 0.3) is 0 Å². The standard InChI is InChI=1S/C16H21ClN2O2/c1-16(2,3)19-15(21)12-8-11(12)14(20)18-9-10-6-4-5-7-13(10)17/h4-7,11-12H,8-9H2,1-3H3,(H,18,20)(H,19,21). The first-order chi connectivity index (χ1) is 9.78. The predicted octanol–water partition coefficient (Wildman–Crippen LogP) is 2.51. The van der Waals surface area contributed by atoms with Gasteiger partial charge in [-0.3, -0.25) is 9.59 Å². The molecule has 2 amide bonds. The summed E-state index contributed by atoms with van der Waals surface area (Å²) in [6, 6.07) is 7.39. The highest BCUT2D eigenvalue weighted by atomic mass is 35.5. The van der Waals surface area contributed by atoms with E-state index >= 15 is 0 Å². The largest absolute Gasteiger partial charge is 0.352 e. The van der Waals surface area contributed by atoms with Gasteiger partial charge in [0.1, 0.15) is 0 Å². The van der Waals surface area contributed by atoms with Gasteiger partial charge in [-0.2, -0.15) is 0 Å². The first-order valence-corrected chi connectivity index (χ1v) is 7.49. The van der Waals surface area contributed by atoms with Crippen LogP contribution in [0, 0.1) is 11.8 Å². The fourth-order valence-corrected chi connectivity index (χ4v) is 2.39. The van der Waals surface area contributed by atoms with Crippen molar-refractivity contribution in [3.8, 4) is 0 Å². The van der Waals surface area contributed by atoms with Crippen molar-refractivity contribution in [3.05, 3.63) is 34.9 Å². The Morgan fingerprint density at radius 1 is 1.19 bits per heavy atom. The van der Waals surface area contributed by atoms with Gasteiger partial charge < -0.3 is 10.6 Å². The zero-order valence-corrected chi connectivity index (χ0v) is 13.3. The van der Waals surface area contributed by atoms with E-state index in [-0.39, 0.29) is 29.2 Å². The molecular weight excluding hydrogens is 288 g/mol. The Balaban J connectivity index is 1.81. The van der Waals surface area contributed by atoms with Crippen LogP contribution in [0.1, 0.15) is 32.8 Å². The van der Waals surface area contributed by atoms with Crippen LogP contribution in [0.2, 0.25) is 5.02 Å². The zero-order valence-electron chi connectivity index (χ0n) is 12.6. The zero-order chi connectivity index (χ0) is 15.6. The highest BCUT2D eigenvalue weighted by molar-refractivity contribution is 6.31. The van der Waals surface area contributed by atoms with Gasteiger partial charge in [0.15, 0.2) is 0 Å². The Morgan fingerprint density at radius 3 is 2.43 bits per heavy atom. The second kappa shape index (κ2) is 6.06. The SMILES string of the molecule is CC(C)(C)NC(=O)C1CC1C(=O)NCc1ccccc1Cl. The van der Waals surface area contributed by atoms with Crippen molar-refractivity contribution in [1.82, 2.24) is 10.6 Å². The third kappa shape index (κ3) is 4.46. The number of carbonyl (C=O) groups is 2. The van der Waals surface area contributed by atoms with Gasteiger partial charge in [-0.05, 0) is 38.8 Å². The van der Waals surface area contributed by atoms with Crippen molar-refractivity contribution in [3.63, 3.8) is 0 Å². The highest BCUT2D eigenvalue weighted by Crippen LogP contribution is 2.39. The van der Waals surface area contributed by atoms with E-state index in [0.29, 0.717) is 18.0 Å². The van der Waals surface area contributed by atoms with Crippen LogP contribution in [0.5, 0.6) is 0 Å². The molecule has 2 atom stereocenters. The van der Waals surface area contributed by atoms with Crippen molar-refractivity contribution in [2.45, 2.75) is 39.3 Å². The van der Waals surface area contributed by atoms with Crippen LogP contribution in [-0.4, -0.2) is 17.4 Å². The number of hydrogen-bond acceptors (Lipinski definition) is 2. The molecule has 4 nitrogen and oxygen atoms in total. The Labute approximate surface area is 130 Å². The smallest absolute Gasteiger partial charge is 0.224 e. The summed E-state index contributed by atoms with van der Waals surface area (Å²) in [6.45, 7) is 6.18. The number of rotatable bonds is 4. The molecule has 0 radical (unpaired) electrons. The molecule has 2 rings (SSSR count). The molecule has 1 aromatic carbocycles. The van der Waals surface area contributed by atoms with Crippen LogP contribution in [0.25, 0.3) is 0 Å². The van der Waals surface area contributed by atoms with E-state index in [1.807, 2.05) is 39.0 Å². The van der Waals surface area contributed by atoms with Gasteiger partial charge in [-0.25, -0.2) is 0 Å². The van der Waals surface area contributed by atoms with Crippen molar-refractivity contribution < 1.29 is 9.59 Å². The molecule has 1 fully saturated rings. The summed E-state index contributed by atoms with van der Waals surface area (Å²) in [5, 5.41) is 6.39. The third-order valence-electron chi connectivity index (χ3n) is 3.37. The molecule has 0 aromatic heterocycles. The summed E-state index contributed by atoms with van der Waals surface area (Å²) in [5.74, 6) is -0.533. The molecule has 114 valence electrons. The van der Waals surface area contributed by atoms with Crippen LogP contribution in [-0.2, 0) is 16.1 Å². The lowest BCUT2D eigenvalue weighted by Gasteiger charge is -2.20. The fourth-order valence-electron chi connectivity index (χ4n) is 2.19. The van der Waals surface area contributed by atoms with Gasteiger partial charge in [0.2, 0.25) is 11.8 Å². The molecule has 0 spiro atoms. The molecule has 2 unspecified atom stereocenters. The minimum Gasteiger partial charge on any atom is -0.352 e. The van der Waals surface area contributed by atoms with E-state index in [9.17, 15) is 9.59 Å². The summed E-state index contributed by atoms with van der Waals surface area (Å²) in [4.78, 5) is 24.0. The number of nitrogens with one attached hydrogen (secondary N) is 2. The maximum atomic E-state index is 12.0. The van der Waals surface area contributed by atoms with Crippen LogP contribution in [0.4, 0.5) is 0 Å². The molecular formula is C16H21ClN2O2. The molecule has 2 N–H and O–H groups in total. The van der Waals surface area contributed by atoms with Crippen molar-refractivity contribution in [2.24, 2.45) is 11.8 Å². The minimum atomic E-state index is -0.266. The van der Waals surface area contributed by atoms with E-state index in [2.05, 4.69) is 10.6 Å². The van der Waals surface area contributed by atoms with Crippen LogP contribution >= 0.6 is 11.6 Å². The Bertz CT molecular complexity index is 551. The molecule has 1 saturated carbocycles. The Kier molecular flexibility index (Phi) is 4.57. The second-order valence-corrected chi connectivity index (χ2v) is 6.90. The number of hydrogen-bond donors (Lipinski definition) is 2. The van der Waals surface area contributed by atoms with Crippen molar-refractivity contribution in [1.29, 1.82) is 0 Å². The topological polar surface area (TPSA) is 58.2 Å². The molecule has 21 heavy (non-hydrogen) atoms. The van der Waals surface area contributed by atoms with E-state index in [0.717, 1.165) is 5.56 Å². The predicted molar refractivity (Wildman–Crippen MR) is 82.8 cm³/mol. The fraction of sp³-hybridized carbons (Fsp3) is 0.500. The summed E-state index contributed by atoms with van der Waals surface area (Å²) in [7, 11) is 0. The first kappa shape index (κ1) is 15.8. The highest BCUT2D eigenvalue weighted by Gasteiger charge is 2.48. The lowest BCUT2D eigenvalue weighted by Crippen LogP contribution is -2.42. The van der Waals surface area contributed by atoms with Crippen LogP contribution < -0.4 is 10.6 Å². The quantitative estimate of drug-likeness (QED) is 0.898. The molecule has 5 heteroatoms. The Hall–Kier alpha value is -1.55. The van der Waals surface area contributed by atoms with Crippen molar-refractivity contribution >= 4 is 23.4 Å². The average molecular weight is 309 g/mol. The monoisotopic (exact) mass is 308 g/mol. The average Bonchev–Trinajstić information content (AvgIpc) is 3.15. The van der Waals surface area contributed by atoms with Gasteiger partial charge in [0, 0.05) is 17.1 Å². The number of carbonyl (C=O) groups excluding carboxylic acids is 2. The summed E-state index contributed by atoms with van der Waals surface area (Å²) in [6.07, 6.45) is 0.621. The second-order valence-electron chi connectivity index (χ2n) is 6.50. The number of benzene rings is 1. The van der Waals surface area contributed by atoms with Gasteiger partial charge in [-0.1, -0.05) is 29.8 Å². The minimum absolute atomic E-state index is 0.0413. The molecule has 1 aromatic rings. The van der Waals surface area contributed by atoms with Crippen molar-refractivity contribution in [2.75, 3.05) is 0 Å². The number of amides is 2. The molecule has 1 aliphatic rings. The summed E-state index contributed by atoms with van der Waals surface area (Å²) < 4.78 is 0. The summed E-state index contributed by atoms with van der Waals surface area (Å²) in [5.41, 5.74) is 0.613. The lowest BCUT2D eigenvalue weighted by molar-refractivity contribution is -0.128. The molecule has 1 aliphatic carbocycles. The maximum absolute atomic E-state index is 12.0. The lowest BCUT2D eigenvalue weighted by atomic mass is 10.1. The van der Waals surface area contributed by atoms with E-state index in [1.54, 1.807) is 6.07 Å². The van der Waals surface area contributed by atoms with E-state index in [4.69, 9.17) is 11.6 Å². The van der Waals surface area contributed by atoms with E-state index in [1.165, 1.54) is 0 Å². The summed E-state index contributed by atoms with van der Waals surface area (Å²) >= 11 is 6.04. The van der Waals surface area contributed by atoms with Crippen LogP contribution in [0.15, 0.2) is 24.3 Å². The normalized spacial score (nSPS) is 20.8. The maximum Gasteiger partial charge on any atom is 0.224 e. The Morgan fingerprint density at radius 2 is 1.81 bits per heavy atom.